The summed E-state index contributed by atoms with van der Waals surface area (Å²) in [5, 5.41) is 3.70. The number of ether oxygens (including phenoxy) is 3. The highest BCUT2D eigenvalue weighted by Gasteiger charge is 2.46. The molecule has 2 fully saturated rings. The van der Waals surface area contributed by atoms with Crippen LogP contribution in [-0.4, -0.2) is 80.7 Å². The molecule has 0 saturated carbocycles. The molecule has 4 rings (SSSR count). The Bertz CT molecular complexity index is 1850. The third-order valence-corrected chi connectivity index (χ3v) is 10.9. The van der Waals surface area contributed by atoms with Crippen LogP contribution in [0.3, 0.4) is 0 Å². The number of nitrogens with one attached hydrogen (secondary N) is 1. The number of nitrogens with zero attached hydrogens (tertiary/aromatic N) is 5. The molecule has 2 aromatic rings. The Morgan fingerprint density at radius 3 is 2.43 bits per heavy atom. The van der Waals surface area contributed by atoms with Crippen LogP contribution in [-0.2, 0) is 39.0 Å². The minimum Gasteiger partial charge on any atom is -0.444 e. The highest BCUT2D eigenvalue weighted by molar-refractivity contribution is 8.13. The summed E-state index contributed by atoms with van der Waals surface area (Å²) in [6, 6.07) is 5.53. The number of rotatable bonds is 13. The molecular formula is C34H49N6O11PS. The van der Waals surface area contributed by atoms with E-state index in [1.807, 2.05) is 0 Å². The van der Waals surface area contributed by atoms with Crippen molar-refractivity contribution in [3.8, 4) is 5.75 Å². The largest absolute Gasteiger partial charge is 0.530 e. The van der Waals surface area contributed by atoms with Gasteiger partial charge in [-0.3, -0.25) is 33.1 Å². The van der Waals surface area contributed by atoms with E-state index in [1.165, 1.54) is 17.7 Å². The molecule has 1 N–H and O–H groups in total. The quantitative estimate of drug-likeness (QED) is 0.0785. The third kappa shape index (κ3) is 11.4. The summed E-state index contributed by atoms with van der Waals surface area (Å²) in [6.07, 6.45) is -0.528. The standard InChI is InChI=1S/C34H49N6O11PS/c1-21-18-39(30(43)36-28(21)41)27-17-25(37-38-35)26(49-27)20-48-52(45,47-14-15-53-29(42)32(2,3)4)51-24-12-10-22(11-13-24)16-23-19-46-34(8,9)40(23)31(44)50-33(5,6)7/h10-13,18,23,25-27H,14-17,19-20H2,1-9H3,(H,36,41,43)/t23-,25-,26+,27+,52?/m0/s1. The molecule has 0 aliphatic carbocycles. The number of benzene rings is 1. The summed E-state index contributed by atoms with van der Waals surface area (Å²) < 4.78 is 50.1. The normalized spacial score (nSPS) is 22.5. The molecule has 1 aromatic heterocycles. The van der Waals surface area contributed by atoms with Gasteiger partial charge in [0, 0.05) is 34.3 Å². The molecule has 19 heteroatoms. The van der Waals surface area contributed by atoms with Crippen LogP contribution in [0.5, 0.6) is 5.75 Å². The lowest BCUT2D eigenvalue weighted by Gasteiger charge is -2.35. The fourth-order valence-corrected chi connectivity index (χ4v) is 7.69. The second kappa shape index (κ2) is 16.8. The average Bonchev–Trinajstić information content (AvgIpc) is 3.58. The summed E-state index contributed by atoms with van der Waals surface area (Å²) in [7, 11) is -4.40. The molecule has 2 aliphatic rings. The maximum Gasteiger partial charge on any atom is 0.530 e. The van der Waals surface area contributed by atoms with Crippen LogP contribution >= 0.6 is 19.6 Å². The van der Waals surface area contributed by atoms with Crippen LogP contribution in [0, 0.1) is 12.3 Å². The van der Waals surface area contributed by atoms with Gasteiger partial charge < -0.3 is 18.7 Å². The SMILES string of the molecule is Cc1cn([C@H]2C[C@H](N=[N+]=[N-])[C@@H](COP(=O)(OCCSC(=O)C(C)(C)C)Oc3ccc(C[C@H]4COC(C)(C)N4C(=O)OC(C)(C)C)cc3)O2)c(=O)[nH]c1=O. The van der Waals surface area contributed by atoms with E-state index in [0.29, 0.717) is 13.0 Å². The highest BCUT2D eigenvalue weighted by Crippen LogP contribution is 2.50. The molecule has 292 valence electrons. The zero-order chi connectivity index (χ0) is 39.4. The van der Waals surface area contributed by atoms with E-state index in [9.17, 15) is 29.3 Å². The Balaban J connectivity index is 1.49. The van der Waals surface area contributed by atoms with Gasteiger partial charge in [0.05, 0.1) is 38.0 Å². The first-order chi connectivity index (χ1) is 24.6. The van der Waals surface area contributed by atoms with Gasteiger partial charge in [-0.1, -0.05) is 49.8 Å². The molecule has 1 unspecified atom stereocenters. The predicted molar refractivity (Wildman–Crippen MR) is 197 cm³/mol. The van der Waals surface area contributed by atoms with E-state index in [4.69, 9.17) is 27.8 Å². The van der Waals surface area contributed by atoms with Gasteiger partial charge in [-0.05, 0) is 71.2 Å². The molecule has 1 aromatic carbocycles. The molecule has 3 heterocycles. The van der Waals surface area contributed by atoms with E-state index in [1.54, 1.807) is 84.6 Å². The fraction of sp³-hybridized carbons (Fsp3) is 0.647. The minimum absolute atomic E-state index is 0.0666. The monoisotopic (exact) mass is 780 g/mol. The number of carbonyl (C=O) groups is 2. The molecule has 53 heavy (non-hydrogen) atoms. The van der Waals surface area contributed by atoms with Crippen molar-refractivity contribution < 1.29 is 41.9 Å². The zero-order valence-electron chi connectivity index (χ0n) is 31.5. The molecule has 0 radical (unpaired) electrons. The summed E-state index contributed by atoms with van der Waals surface area (Å²) in [5.41, 5.74) is 6.91. The number of thioether (sulfide) groups is 1. The maximum absolute atomic E-state index is 14.1. The number of aromatic amines is 1. The van der Waals surface area contributed by atoms with Crippen LogP contribution in [0.15, 0.2) is 45.2 Å². The van der Waals surface area contributed by atoms with Gasteiger partial charge in [0.2, 0.25) is 0 Å². The summed E-state index contributed by atoms with van der Waals surface area (Å²) in [4.78, 5) is 56.6. The number of aromatic nitrogens is 2. The van der Waals surface area contributed by atoms with Gasteiger partial charge in [0.1, 0.15) is 23.3 Å². The molecule has 2 saturated heterocycles. The van der Waals surface area contributed by atoms with Crippen LogP contribution in [0.2, 0.25) is 0 Å². The van der Waals surface area contributed by atoms with Crippen molar-refractivity contribution in [1.82, 2.24) is 14.5 Å². The van der Waals surface area contributed by atoms with Gasteiger partial charge in [-0.15, -0.1) is 0 Å². The second-order valence-corrected chi connectivity index (χ2v) is 17.9. The molecule has 5 atom stereocenters. The predicted octanol–water partition coefficient (Wildman–Crippen LogP) is 6.25. The third-order valence-electron chi connectivity index (χ3n) is 8.21. The van der Waals surface area contributed by atoms with Crippen molar-refractivity contribution in [3.05, 3.63) is 72.9 Å². The number of hydrogen-bond donors (Lipinski definition) is 1. The first-order valence-electron chi connectivity index (χ1n) is 17.1. The van der Waals surface area contributed by atoms with Crippen LogP contribution in [0.4, 0.5) is 4.79 Å². The number of H-pyrrole nitrogens is 1. The molecule has 0 bridgehead atoms. The molecule has 2 aliphatic heterocycles. The molecule has 17 nitrogen and oxygen atoms in total. The lowest BCUT2D eigenvalue weighted by Crippen LogP contribution is -2.50. The van der Waals surface area contributed by atoms with Gasteiger partial charge >= 0.3 is 19.6 Å². The zero-order valence-corrected chi connectivity index (χ0v) is 33.2. The second-order valence-electron chi connectivity index (χ2n) is 15.3. The molecular weight excluding hydrogens is 731 g/mol. The number of carbonyl (C=O) groups excluding carboxylic acids is 2. The van der Waals surface area contributed by atoms with Gasteiger partial charge in [-0.2, -0.15) is 0 Å². The maximum atomic E-state index is 14.1. The lowest BCUT2D eigenvalue weighted by atomic mass is 10.00. The van der Waals surface area contributed by atoms with Gasteiger partial charge in [0.15, 0.2) is 5.12 Å². The number of azide groups is 1. The van der Waals surface area contributed by atoms with E-state index < -0.39 is 66.9 Å². The van der Waals surface area contributed by atoms with Crippen molar-refractivity contribution >= 4 is 30.8 Å². The Hall–Kier alpha value is -3.63. The Kier molecular flexibility index (Phi) is 13.4. The van der Waals surface area contributed by atoms with Crippen LogP contribution in [0.1, 0.15) is 79.2 Å². The summed E-state index contributed by atoms with van der Waals surface area (Å²) >= 11 is 1.02. The Morgan fingerprint density at radius 1 is 1.13 bits per heavy atom. The van der Waals surface area contributed by atoms with Crippen LogP contribution in [0.25, 0.3) is 10.4 Å². The van der Waals surface area contributed by atoms with Crippen molar-refractivity contribution in [2.24, 2.45) is 10.5 Å². The van der Waals surface area contributed by atoms with Gasteiger partial charge in [0.25, 0.3) is 5.56 Å². The highest BCUT2D eigenvalue weighted by atomic mass is 32.2. The summed E-state index contributed by atoms with van der Waals surface area (Å²) in [6.45, 7) is 15.6. The summed E-state index contributed by atoms with van der Waals surface area (Å²) in [5.74, 6) is 0.312. The molecule has 0 spiro atoms. The number of phosphoric acid groups is 1. The first kappa shape index (κ1) is 42.1. The van der Waals surface area contributed by atoms with E-state index >= 15 is 0 Å². The average molecular weight is 781 g/mol. The number of hydrogen-bond acceptors (Lipinski definition) is 13. The number of amides is 1. The van der Waals surface area contributed by atoms with E-state index in [0.717, 1.165) is 17.3 Å². The van der Waals surface area contributed by atoms with E-state index in [-0.39, 0.29) is 41.3 Å². The Labute approximate surface area is 312 Å². The van der Waals surface area contributed by atoms with Crippen molar-refractivity contribution in [2.45, 2.75) is 111 Å². The van der Waals surface area contributed by atoms with Crippen LogP contribution < -0.4 is 15.8 Å². The Morgan fingerprint density at radius 2 is 1.81 bits per heavy atom. The van der Waals surface area contributed by atoms with Crippen molar-refractivity contribution in [2.75, 3.05) is 25.6 Å². The van der Waals surface area contributed by atoms with E-state index in [2.05, 4.69) is 15.0 Å². The fourth-order valence-electron chi connectivity index (χ4n) is 5.58. The minimum atomic E-state index is -4.40. The first-order valence-corrected chi connectivity index (χ1v) is 19.6. The smallest absolute Gasteiger partial charge is 0.444 e. The van der Waals surface area contributed by atoms with Crippen molar-refractivity contribution in [3.63, 3.8) is 0 Å². The topological polar surface area (TPSA) is 213 Å². The number of phosphoric ester groups is 1. The number of aryl methyl sites for hydroxylation is 1. The lowest BCUT2D eigenvalue weighted by molar-refractivity contribution is -0.117. The van der Waals surface area contributed by atoms with Gasteiger partial charge in [-0.25, -0.2) is 14.2 Å². The van der Waals surface area contributed by atoms with Crippen molar-refractivity contribution in [1.29, 1.82) is 0 Å². The molecule has 1 amide bonds.